The molecule has 2 heterocycles. The Morgan fingerprint density at radius 1 is 1.04 bits per heavy atom. The van der Waals surface area contributed by atoms with Crippen molar-refractivity contribution in [3.8, 4) is 17.2 Å². The minimum Gasteiger partial charge on any atom is -0.493 e. The molecule has 1 aromatic heterocycles. The van der Waals surface area contributed by atoms with Crippen LogP contribution in [0.3, 0.4) is 0 Å². The third-order valence-corrected chi connectivity index (χ3v) is 5.00. The summed E-state index contributed by atoms with van der Waals surface area (Å²) in [5, 5.41) is 3.28. The van der Waals surface area contributed by atoms with E-state index in [0.29, 0.717) is 28.9 Å². The van der Waals surface area contributed by atoms with E-state index in [-0.39, 0.29) is 5.91 Å². The second kappa shape index (κ2) is 8.82. The van der Waals surface area contributed by atoms with Crippen LogP contribution in [0.4, 0.5) is 11.4 Å². The molecule has 1 saturated heterocycles. The number of pyridine rings is 1. The quantitative estimate of drug-likeness (QED) is 0.817. The van der Waals surface area contributed by atoms with Gasteiger partial charge in [-0.25, -0.2) is 0 Å². The fourth-order valence-electron chi connectivity index (χ4n) is 3.32. The predicted octanol–water partition coefficient (Wildman–Crippen LogP) is 3.72. The number of piperidine rings is 1. The molecule has 0 spiro atoms. The molecular weight excluding hydrogens is 358 g/mol. The standard InChI is InChI=1S/C21H27N3O4/c1-14-6-9-24(10-7-14)21(25)17-11-15(5-8-22-17)23-16-12-18(26-2)20(28-4)19(13-16)27-3/h5,8,11-14H,6-7,9-10H2,1-4H3,(H,22,23). The molecule has 150 valence electrons. The first kappa shape index (κ1) is 19.8. The average molecular weight is 385 g/mol. The van der Waals surface area contributed by atoms with E-state index in [9.17, 15) is 4.79 Å². The van der Waals surface area contributed by atoms with Crippen molar-refractivity contribution in [2.24, 2.45) is 5.92 Å². The first-order valence-corrected chi connectivity index (χ1v) is 9.38. The zero-order valence-electron chi connectivity index (χ0n) is 16.8. The summed E-state index contributed by atoms with van der Waals surface area (Å²) in [6.45, 7) is 3.79. The van der Waals surface area contributed by atoms with Crippen molar-refractivity contribution in [1.82, 2.24) is 9.88 Å². The van der Waals surface area contributed by atoms with Gasteiger partial charge in [-0.05, 0) is 30.9 Å². The monoisotopic (exact) mass is 385 g/mol. The lowest BCUT2D eigenvalue weighted by atomic mass is 9.99. The fourth-order valence-corrected chi connectivity index (χ4v) is 3.32. The van der Waals surface area contributed by atoms with Crippen molar-refractivity contribution < 1.29 is 19.0 Å². The van der Waals surface area contributed by atoms with Gasteiger partial charge in [-0.1, -0.05) is 6.92 Å². The number of nitrogens with one attached hydrogen (secondary N) is 1. The molecule has 0 saturated carbocycles. The number of hydrogen-bond donors (Lipinski definition) is 1. The molecule has 1 N–H and O–H groups in total. The molecule has 1 aliphatic rings. The summed E-state index contributed by atoms with van der Waals surface area (Å²) in [4.78, 5) is 18.9. The third-order valence-electron chi connectivity index (χ3n) is 5.00. The van der Waals surface area contributed by atoms with Crippen molar-refractivity contribution in [3.05, 3.63) is 36.2 Å². The Balaban J connectivity index is 1.80. The average Bonchev–Trinajstić information content (AvgIpc) is 2.73. The molecule has 1 aromatic carbocycles. The summed E-state index contributed by atoms with van der Waals surface area (Å²) in [5.74, 6) is 2.28. The molecule has 0 aliphatic carbocycles. The molecule has 1 fully saturated rings. The van der Waals surface area contributed by atoms with Crippen LogP contribution in [0.15, 0.2) is 30.5 Å². The number of methoxy groups -OCH3 is 3. The van der Waals surface area contributed by atoms with Gasteiger partial charge in [0.05, 0.1) is 21.3 Å². The zero-order chi connectivity index (χ0) is 20.1. The van der Waals surface area contributed by atoms with E-state index < -0.39 is 0 Å². The van der Waals surface area contributed by atoms with E-state index >= 15 is 0 Å². The molecule has 28 heavy (non-hydrogen) atoms. The molecule has 1 amide bonds. The number of ether oxygens (including phenoxy) is 3. The van der Waals surface area contributed by atoms with Crippen LogP contribution in [0, 0.1) is 5.92 Å². The zero-order valence-corrected chi connectivity index (χ0v) is 16.8. The highest BCUT2D eigenvalue weighted by Gasteiger charge is 2.22. The maximum absolute atomic E-state index is 12.8. The number of likely N-dealkylation sites (tertiary alicyclic amines) is 1. The van der Waals surface area contributed by atoms with Gasteiger partial charge >= 0.3 is 0 Å². The predicted molar refractivity (Wildman–Crippen MR) is 108 cm³/mol. The second-order valence-corrected chi connectivity index (χ2v) is 6.94. The fraction of sp³-hybridized carbons (Fsp3) is 0.429. The van der Waals surface area contributed by atoms with Crippen LogP contribution in [0.2, 0.25) is 0 Å². The maximum Gasteiger partial charge on any atom is 0.272 e. The normalized spacial score (nSPS) is 14.5. The van der Waals surface area contributed by atoms with Crippen LogP contribution in [0.1, 0.15) is 30.3 Å². The summed E-state index contributed by atoms with van der Waals surface area (Å²) in [6.07, 6.45) is 3.71. The first-order chi connectivity index (χ1) is 13.5. The van der Waals surface area contributed by atoms with E-state index in [1.165, 1.54) is 0 Å². The summed E-state index contributed by atoms with van der Waals surface area (Å²) in [7, 11) is 4.71. The van der Waals surface area contributed by atoms with Crippen molar-refractivity contribution in [1.29, 1.82) is 0 Å². The lowest BCUT2D eigenvalue weighted by Gasteiger charge is -2.30. The summed E-state index contributed by atoms with van der Waals surface area (Å²) in [6, 6.07) is 7.21. The summed E-state index contributed by atoms with van der Waals surface area (Å²) in [5.41, 5.74) is 1.95. The molecule has 0 bridgehead atoms. The number of hydrogen-bond acceptors (Lipinski definition) is 6. The minimum atomic E-state index is -0.0274. The van der Waals surface area contributed by atoms with Crippen LogP contribution in [0.25, 0.3) is 0 Å². The van der Waals surface area contributed by atoms with Crippen LogP contribution >= 0.6 is 0 Å². The van der Waals surface area contributed by atoms with E-state index in [2.05, 4.69) is 17.2 Å². The van der Waals surface area contributed by atoms with Gasteiger partial charge in [0.25, 0.3) is 5.91 Å². The van der Waals surface area contributed by atoms with Gasteiger partial charge in [0.2, 0.25) is 5.75 Å². The van der Waals surface area contributed by atoms with Crippen molar-refractivity contribution in [3.63, 3.8) is 0 Å². The largest absolute Gasteiger partial charge is 0.493 e. The lowest BCUT2D eigenvalue weighted by molar-refractivity contribution is 0.0691. The molecule has 0 unspecified atom stereocenters. The molecule has 0 atom stereocenters. The summed E-state index contributed by atoms with van der Waals surface area (Å²) >= 11 is 0. The highest BCUT2D eigenvalue weighted by molar-refractivity contribution is 5.93. The Morgan fingerprint density at radius 3 is 2.25 bits per heavy atom. The van der Waals surface area contributed by atoms with Gasteiger partial charge in [-0.15, -0.1) is 0 Å². The van der Waals surface area contributed by atoms with Gasteiger partial charge in [0.1, 0.15) is 5.69 Å². The van der Waals surface area contributed by atoms with Gasteiger partial charge < -0.3 is 24.4 Å². The molecule has 2 aromatic rings. The molecule has 0 radical (unpaired) electrons. The molecule has 7 heteroatoms. The molecular formula is C21H27N3O4. The molecule has 1 aliphatic heterocycles. The van der Waals surface area contributed by atoms with Crippen LogP contribution < -0.4 is 19.5 Å². The molecule has 3 rings (SSSR count). The smallest absolute Gasteiger partial charge is 0.272 e. The number of amides is 1. The van der Waals surface area contributed by atoms with Crippen LogP contribution in [-0.4, -0.2) is 50.2 Å². The Hall–Kier alpha value is -2.96. The van der Waals surface area contributed by atoms with Crippen LogP contribution in [0.5, 0.6) is 17.2 Å². The highest BCUT2D eigenvalue weighted by Crippen LogP contribution is 2.40. The Kier molecular flexibility index (Phi) is 6.23. The minimum absolute atomic E-state index is 0.0274. The Bertz CT molecular complexity index is 807. The number of benzene rings is 1. The first-order valence-electron chi connectivity index (χ1n) is 9.38. The van der Waals surface area contributed by atoms with Crippen molar-refractivity contribution >= 4 is 17.3 Å². The van der Waals surface area contributed by atoms with Gasteiger partial charge in [-0.2, -0.15) is 0 Å². The van der Waals surface area contributed by atoms with Gasteiger partial charge in [-0.3, -0.25) is 9.78 Å². The van der Waals surface area contributed by atoms with Gasteiger partial charge in [0, 0.05) is 42.8 Å². The van der Waals surface area contributed by atoms with E-state index in [4.69, 9.17) is 14.2 Å². The lowest BCUT2D eigenvalue weighted by Crippen LogP contribution is -2.38. The number of rotatable bonds is 6. The highest BCUT2D eigenvalue weighted by atomic mass is 16.5. The van der Waals surface area contributed by atoms with E-state index in [1.54, 1.807) is 33.6 Å². The number of carbonyl (C=O) groups excluding carboxylic acids is 1. The number of carbonyl (C=O) groups is 1. The number of anilines is 2. The summed E-state index contributed by atoms with van der Waals surface area (Å²) < 4.78 is 16.1. The number of aromatic nitrogens is 1. The topological polar surface area (TPSA) is 72.9 Å². The van der Waals surface area contributed by atoms with Crippen molar-refractivity contribution in [2.45, 2.75) is 19.8 Å². The second-order valence-electron chi connectivity index (χ2n) is 6.94. The third kappa shape index (κ3) is 4.30. The Labute approximate surface area is 165 Å². The molecule has 7 nitrogen and oxygen atoms in total. The Morgan fingerprint density at radius 2 is 1.68 bits per heavy atom. The SMILES string of the molecule is COc1cc(Nc2ccnc(C(=O)N3CCC(C)CC3)c2)cc(OC)c1OC. The van der Waals surface area contributed by atoms with E-state index in [1.807, 2.05) is 23.1 Å². The van der Waals surface area contributed by atoms with Crippen molar-refractivity contribution in [2.75, 3.05) is 39.7 Å². The number of nitrogens with zero attached hydrogens (tertiary/aromatic N) is 2. The van der Waals surface area contributed by atoms with E-state index in [0.717, 1.165) is 37.3 Å². The van der Waals surface area contributed by atoms with Gasteiger partial charge in [0.15, 0.2) is 11.5 Å². The van der Waals surface area contributed by atoms with Crippen LogP contribution in [-0.2, 0) is 0 Å². The maximum atomic E-state index is 12.8.